The van der Waals surface area contributed by atoms with Crippen molar-refractivity contribution in [2.45, 2.75) is 207 Å². The molecule has 0 atom stereocenters. The fourth-order valence-corrected chi connectivity index (χ4v) is 5.50. The van der Waals surface area contributed by atoms with Crippen molar-refractivity contribution in [2.24, 2.45) is 11.8 Å². The highest BCUT2D eigenvalue weighted by Gasteiger charge is 1.98. The van der Waals surface area contributed by atoms with E-state index in [1.807, 2.05) is 0 Å². The number of hydrogen-bond donors (Lipinski definition) is 0. The first-order valence-corrected chi connectivity index (χ1v) is 17.7. The van der Waals surface area contributed by atoms with Gasteiger partial charge < -0.3 is 4.74 Å². The Morgan fingerprint density at radius 1 is 0.270 bits per heavy atom. The van der Waals surface area contributed by atoms with Crippen molar-refractivity contribution in [1.29, 1.82) is 0 Å². The SMILES string of the molecule is CC(C)CCCCCCCCCCCCCCCOCCCCCCCCCCCCCCCC(C)C. The molecule has 0 N–H and O–H groups in total. The summed E-state index contributed by atoms with van der Waals surface area (Å²) in [5.74, 6) is 1.78. The van der Waals surface area contributed by atoms with Crippen molar-refractivity contribution in [3.63, 3.8) is 0 Å². The minimum absolute atomic E-state index is 0.890. The van der Waals surface area contributed by atoms with Crippen molar-refractivity contribution < 1.29 is 4.74 Å². The fraction of sp³-hybridized carbons (Fsp3) is 1.00. The molecule has 0 aromatic carbocycles. The third-order valence-corrected chi connectivity index (χ3v) is 8.14. The van der Waals surface area contributed by atoms with Crippen LogP contribution < -0.4 is 0 Å². The van der Waals surface area contributed by atoms with E-state index < -0.39 is 0 Å². The highest BCUT2D eigenvalue weighted by molar-refractivity contribution is 4.52. The Balaban J connectivity index is 3.02. The van der Waals surface area contributed by atoms with Crippen molar-refractivity contribution in [1.82, 2.24) is 0 Å². The Kier molecular flexibility index (Phi) is 32.1. The summed E-state index contributed by atoms with van der Waals surface area (Å²) >= 11 is 0. The maximum Gasteiger partial charge on any atom is 0.0466 e. The molecule has 0 aromatic rings. The second-order valence-electron chi connectivity index (χ2n) is 13.2. The number of unbranched alkanes of at least 4 members (excludes halogenated alkanes) is 24. The lowest BCUT2D eigenvalue weighted by Crippen LogP contribution is -1.97. The normalized spacial score (nSPS) is 11.8. The molecule has 0 fully saturated rings. The van der Waals surface area contributed by atoms with E-state index in [-0.39, 0.29) is 0 Å². The second kappa shape index (κ2) is 32.2. The first-order valence-electron chi connectivity index (χ1n) is 17.7. The summed E-state index contributed by atoms with van der Waals surface area (Å²) in [5, 5.41) is 0. The van der Waals surface area contributed by atoms with Gasteiger partial charge in [-0.1, -0.05) is 195 Å². The topological polar surface area (TPSA) is 9.23 Å². The van der Waals surface area contributed by atoms with E-state index in [9.17, 15) is 0 Å². The van der Waals surface area contributed by atoms with Gasteiger partial charge in [0.2, 0.25) is 0 Å². The van der Waals surface area contributed by atoms with Gasteiger partial charge in [-0.25, -0.2) is 0 Å². The van der Waals surface area contributed by atoms with Gasteiger partial charge in [0, 0.05) is 13.2 Å². The Morgan fingerprint density at radius 2 is 0.459 bits per heavy atom. The van der Waals surface area contributed by atoms with Crippen molar-refractivity contribution in [2.75, 3.05) is 13.2 Å². The molecule has 0 saturated heterocycles. The Bertz CT molecular complexity index is 352. The van der Waals surface area contributed by atoms with Crippen LogP contribution in [0.25, 0.3) is 0 Å². The van der Waals surface area contributed by atoms with E-state index >= 15 is 0 Å². The molecule has 0 aromatic heterocycles. The number of rotatable bonds is 32. The average Bonchev–Trinajstić information content (AvgIpc) is 2.87. The fourth-order valence-electron chi connectivity index (χ4n) is 5.50. The molecule has 0 unspecified atom stereocenters. The quantitative estimate of drug-likeness (QED) is 0.0798. The van der Waals surface area contributed by atoms with Crippen molar-refractivity contribution in [3.05, 3.63) is 0 Å². The minimum atomic E-state index is 0.890. The number of ether oxygens (including phenoxy) is 1. The molecule has 0 spiro atoms. The molecular formula is C36H74O. The van der Waals surface area contributed by atoms with E-state index in [1.165, 1.54) is 180 Å². The third kappa shape index (κ3) is 36.0. The highest BCUT2D eigenvalue weighted by atomic mass is 16.5. The smallest absolute Gasteiger partial charge is 0.0466 e. The summed E-state index contributed by atoms with van der Waals surface area (Å²) in [6.07, 6.45) is 40.2. The van der Waals surface area contributed by atoms with Gasteiger partial charge in [-0.2, -0.15) is 0 Å². The molecule has 1 heteroatoms. The van der Waals surface area contributed by atoms with Crippen LogP contribution >= 0.6 is 0 Å². The van der Waals surface area contributed by atoms with Crippen LogP contribution in [0, 0.1) is 11.8 Å². The molecule has 0 aliphatic heterocycles. The number of hydrogen-bond acceptors (Lipinski definition) is 1. The molecule has 0 radical (unpaired) electrons. The molecule has 37 heavy (non-hydrogen) atoms. The van der Waals surface area contributed by atoms with Gasteiger partial charge in [-0.05, 0) is 24.7 Å². The maximum atomic E-state index is 5.87. The highest BCUT2D eigenvalue weighted by Crippen LogP contribution is 2.16. The van der Waals surface area contributed by atoms with E-state index in [4.69, 9.17) is 4.74 Å². The molecule has 0 amide bonds. The van der Waals surface area contributed by atoms with Gasteiger partial charge >= 0.3 is 0 Å². The first kappa shape index (κ1) is 37.0. The molecule has 0 bridgehead atoms. The van der Waals surface area contributed by atoms with Crippen LogP contribution in [0.2, 0.25) is 0 Å². The molecule has 0 aliphatic rings. The Labute approximate surface area is 237 Å². The molecule has 0 aliphatic carbocycles. The summed E-state index contributed by atoms with van der Waals surface area (Å²) < 4.78 is 5.87. The second-order valence-corrected chi connectivity index (χ2v) is 13.2. The van der Waals surface area contributed by atoms with Crippen LogP contribution in [-0.2, 0) is 4.74 Å². The lowest BCUT2D eigenvalue weighted by molar-refractivity contribution is 0.125. The molecule has 224 valence electrons. The van der Waals surface area contributed by atoms with Gasteiger partial charge in [-0.15, -0.1) is 0 Å². The first-order chi connectivity index (χ1) is 18.1. The summed E-state index contributed by atoms with van der Waals surface area (Å²) in [4.78, 5) is 0. The van der Waals surface area contributed by atoms with E-state index in [0.29, 0.717) is 0 Å². The zero-order valence-electron chi connectivity index (χ0n) is 26.8. The van der Waals surface area contributed by atoms with Crippen molar-refractivity contribution >= 4 is 0 Å². The van der Waals surface area contributed by atoms with Gasteiger partial charge in [0.25, 0.3) is 0 Å². The van der Waals surface area contributed by atoms with E-state index in [1.54, 1.807) is 0 Å². The summed E-state index contributed by atoms with van der Waals surface area (Å²) in [5.41, 5.74) is 0. The molecule has 1 nitrogen and oxygen atoms in total. The third-order valence-electron chi connectivity index (χ3n) is 8.14. The van der Waals surface area contributed by atoms with Crippen molar-refractivity contribution in [3.8, 4) is 0 Å². The Hall–Kier alpha value is -0.0400. The molecule has 0 saturated carbocycles. The van der Waals surface area contributed by atoms with Gasteiger partial charge in [0.15, 0.2) is 0 Å². The van der Waals surface area contributed by atoms with Crippen LogP contribution in [0.3, 0.4) is 0 Å². The Morgan fingerprint density at radius 3 is 0.676 bits per heavy atom. The zero-order chi connectivity index (χ0) is 27.1. The molecular weight excluding hydrogens is 448 g/mol. The average molecular weight is 523 g/mol. The maximum absolute atomic E-state index is 5.87. The predicted molar refractivity (Wildman–Crippen MR) is 170 cm³/mol. The van der Waals surface area contributed by atoms with E-state index in [2.05, 4.69) is 27.7 Å². The molecule has 0 rings (SSSR count). The summed E-state index contributed by atoms with van der Waals surface area (Å²) in [6, 6.07) is 0. The van der Waals surface area contributed by atoms with Crippen LogP contribution in [0.4, 0.5) is 0 Å². The summed E-state index contributed by atoms with van der Waals surface area (Å²) in [6.45, 7) is 11.4. The predicted octanol–water partition coefficient (Wildman–Crippen LogP) is 13.2. The molecule has 0 heterocycles. The lowest BCUT2D eigenvalue weighted by Gasteiger charge is -2.06. The standard InChI is InChI=1S/C36H74O/c1-35(2)31-27-23-19-15-11-7-5-9-13-17-21-25-29-33-37-34-30-26-22-18-14-10-6-8-12-16-20-24-28-32-36(3)4/h35-36H,5-34H2,1-4H3. The lowest BCUT2D eigenvalue weighted by atomic mass is 10.0. The summed E-state index contributed by atoms with van der Waals surface area (Å²) in [7, 11) is 0. The van der Waals surface area contributed by atoms with Gasteiger partial charge in [0.1, 0.15) is 0 Å². The zero-order valence-corrected chi connectivity index (χ0v) is 26.8. The van der Waals surface area contributed by atoms with Gasteiger partial charge in [-0.3, -0.25) is 0 Å². The largest absolute Gasteiger partial charge is 0.381 e. The minimum Gasteiger partial charge on any atom is -0.381 e. The monoisotopic (exact) mass is 523 g/mol. The van der Waals surface area contributed by atoms with Crippen LogP contribution in [0.5, 0.6) is 0 Å². The van der Waals surface area contributed by atoms with Gasteiger partial charge in [0.05, 0.1) is 0 Å². The van der Waals surface area contributed by atoms with Crippen LogP contribution in [-0.4, -0.2) is 13.2 Å². The van der Waals surface area contributed by atoms with E-state index in [0.717, 1.165) is 25.0 Å². The van der Waals surface area contributed by atoms with Crippen LogP contribution in [0.1, 0.15) is 207 Å². The van der Waals surface area contributed by atoms with Crippen LogP contribution in [0.15, 0.2) is 0 Å².